The Hall–Kier alpha value is -2.49. The predicted molar refractivity (Wildman–Crippen MR) is 71.2 cm³/mol. The summed E-state index contributed by atoms with van der Waals surface area (Å²) in [6.07, 6.45) is 3.04. The summed E-state index contributed by atoms with van der Waals surface area (Å²) >= 11 is 0. The van der Waals surface area contributed by atoms with Crippen LogP contribution in [0.15, 0.2) is 41.1 Å². The molecule has 2 heterocycles. The van der Waals surface area contributed by atoms with Gasteiger partial charge in [0.05, 0.1) is 11.9 Å². The normalized spacial score (nSPS) is 10.8. The number of benzene rings is 1. The molecule has 2 aromatic heterocycles. The maximum Gasteiger partial charge on any atom is 0.248 e. The quantitative estimate of drug-likeness (QED) is 0.658. The first-order chi connectivity index (χ1) is 9.15. The Balaban J connectivity index is 2.06. The van der Waals surface area contributed by atoms with E-state index in [2.05, 4.69) is 9.97 Å². The van der Waals surface area contributed by atoms with Crippen molar-refractivity contribution in [2.75, 3.05) is 0 Å². The van der Waals surface area contributed by atoms with Crippen LogP contribution in [0.2, 0.25) is 0 Å². The Morgan fingerprint density at radius 2 is 2.00 bits per heavy atom. The minimum Gasteiger partial charge on any atom is -0.452 e. The van der Waals surface area contributed by atoms with E-state index in [-0.39, 0.29) is 5.78 Å². The van der Waals surface area contributed by atoms with Crippen LogP contribution in [0, 0.1) is 13.8 Å². The van der Waals surface area contributed by atoms with Gasteiger partial charge in [-0.25, -0.2) is 4.98 Å². The van der Waals surface area contributed by atoms with Crippen molar-refractivity contribution in [3.05, 3.63) is 59.4 Å². The lowest BCUT2D eigenvalue weighted by atomic mass is 10.1. The highest BCUT2D eigenvalue weighted by atomic mass is 16.3. The lowest BCUT2D eigenvalue weighted by Gasteiger charge is -1.96. The number of ketones is 1. The number of hydrogen-bond donors (Lipinski definition) is 0. The number of nitrogens with zero attached hydrogens (tertiary/aromatic N) is 2. The van der Waals surface area contributed by atoms with Crippen LogP contribution >= 0.6 is 0 Å². The molecule has 94 valence electrons. The number of carbonyl (C=O) groups excluding carboxylic acids is 1. The van der Waals surface area contributed by atoms with Crippen LogP contribution in [0.3, 0.4) is 0 Å². The van der Waals surface area contributed by atoms with Gasteiger partial charge in [-0.05, 0) is 25.5 Å². The Morgan fingerprint density at radius 3 is 2.68 bits per heavy atom. The maximum atomic E-state index is 12.2. The van der Waals surface area contributed by atoms with Crippen molar-refractivity contribution in [2.24, 2.45) is 0 Å². The Morgan fingerprint density at radius 1 is 1.16 bits per heavy atom. The number of rotatable bonds is 2. The van der Waals surface area contributed by atoms with Gasteiger partial charge in [-0.15, -0.1) is 0 Å². The van der Waals surface area contributed by atoms with Crippen molar-refractivity contribution < 1.29 is 9.21 Å². The molecule has 0 saturated carbocycles. The molecule has 0 amide bonds. The van der Waals surface area contributed by atoms with E-state index < -0.39 is 0 Å². The third-order valence-corrected chi connectivity index (χ3v) is 2.98. The summed E-state index contributed by atoms with van der Waals surface area (Å²) in [4.78, 5) is 20.4. The van der Waals surface area contributed by atoms with Gasteiger partial charge in [0, 0.05) is 11.6 Å². The molecule has 4 nitrogen and oxygen atoms in total. The smallest absolute Gasteiger partial charge is 0.248 e. The van der Waals surface area contributed by atoms with Crippen LogP contribution in [-0.4, -0.2) is 15.8 Å². The third-order valence-electron chi connectivity index (χ3n) is 2.98. The number of fused-ring (bicyclic) bond motifs is 1. The number of aryl methyl sites for hydroxylation is 2. The SMILES string of the molecule is Cc1cnc(C(=O)c2cc3cccc(C)c3o2)cn1. The highest BCUT2D eigenvalue weighted by Crippen LogP contribution is 2.23. The molecule has 4 heteroatoms. The summed E-state index contributed by atoms with van der Waals surface area (Å²) in [7, 11) is 0. The van der Waals surface area contributed by atoms with Crippen molar-refractivity contribution in [3.63, 3.8) is 0 Å². The summed E-state index contributed by atoms with van der Waals surface area (Å²) in [6.45, 7) is 3.78. The molecule has 0 atom stereocenters. The minimum atomic E-state index is -0.247. The van der Waals surface area contributed by atoms with E-state index in [0.29, 0.717) is 11.5 Å². The fourth-order valence-electron chi connectivity index (χ4n) is 1.96. The zero-order valence-corrected chi connectivity index (χ0v) is 10.7. The molecular formula is C15H12N2O2. The molecule has 0 bridgehead atoms. The highest BCUT2D eigenvalue weighted by Gasteiger charge is 2.16. The van der Waals surface area contributed by atoms with Crippen molar-refractivity contribution in [3.8, 4) is 0 Å². The van der Waals surface area contributed by atoms with Crippen LogP contribution in [-0.2, 0) is 0 Å². The van der Waals surface area contributed by atoms with E-state index in [1.807, 2.05) is 32.0 Å². The Kier molecular flexibility index (Phi) is 2.63. The first-order valence-corrected chi connectivity index (χ1v) is 5.97. The van der Waals surface area contributed by atoms with E-state index in [0.717, 1.165) is 22.2 Å². The average molecular weight is 252 g/mol. The molecule has 0 aliphatic rings. The van der Waals surface area contributed by atoms with Crippen LogP contribution in [0.1, 0.15) is 27.5 Å². The molecule has 0 unspecified atom stereocenters. The van der Waals surface area contributed by atoms with Gasteiger partial charge in [-0.2, -0.15) is 0 Å². The molecule has 0 saturated heterocycles. The largest absolute Gasteiger partial charge is 0.452 e. The molecule has 0 aliphatic carbocycles. The average Bonchev–Trinajstić information content (AvgIpc) is 2.84. The second kappa shape index (κ2) is 4.31. The molecule has 3 rings (SSSR count). The standard InChI is InChI=1S/C15H12N2O2/c1-9-4-3-5-11-6-13(19-15(9)11)14(18)12-8-16-10(2)7-17-12/h3-8H,1-2H3. The lowest BCUT2D eigenvalue weighted by Crippen LogP contribution is -2.03. The number of aromatic nitrogens is 2. The molecule has 0 N–H and O–H groups in total. The van der Waals surface area contributed by atoms with E-state index in [1.165, 1.54) is 6.20 Å². The molecule has 0 spiro atoms. The van der Waals surface area contributed by atoms with E-state index >= 15 is 0 Å². The monoisotopic (exact) mass is 252 g/mol. The van der Waals surface area contributed by atoms with Gasteiger partial charge in [0.1, 0.15) is 11.3 Å². The summed E-state index contributed by atoms with van der Waals surface area (Å²) in [5.41, 5.74) is 2.82. The second-order valence-corrected chi connectivity index (χ2v) is 4.48. The zero-order chi connectivity index (χ0) is 13.4. The molecule has 0 fully saturated rings. The van der Waals surface area contributed by atoms with Gasteiger partial charge in [-0.1, -0.05) is 18.2 Å². The van der Waals surface area contributed by atoms with Crippen molar-refractivity contribution >= 4 is 16.8 Å². The molecule has 19 heavy (non-hydrogen) atoms. The van der Waals surface area contributed by atoms with Gasteiger partial charge in [0.2, 0.25) is 5.78 Å². The topological polar surface area (TPSA) is 56.0 Å². The van der Waals surface area contributed by atoms with Crippen molar-refractivity contribution in [1.29, 1.82) is 0 Å². The van der Waals surface area contributed by atoms with E-state index in [4.69, 9.17) is 4.42 Å². The third kappa shape index (κ3) is 2.01. The fourth-order valence-corrected chi connectivity index (χ4v) is 1.96. The zero-order valence-electron chi connectivity index (χ0n) is 10.7. The number of carbonyl (C=O) groups is 1. The summed E-state index contributed by atoms with van der Waals surface area (Å²) in [5.74, 6) is 0.0468. The van der Waals surface area contributed by atoms with Gasteiger partial charge in [-0.3, -0.25) is 9.78 Å². The van der Waals surface area contributed by atoms with Crippen molar-refractivity contribution in [1.82, 2.24) is 9.97 Å². The van der Waals surface area contributed by atoms with Gasteiger partial charge < -0.3 is 4.42 Å². The Bertz CT molecular complexity index is 757. The van der Waals surface area contributed by atoms with E-state index in [1.54, 1.807) is 12.3 Å². The molecular weight excluding hydrogens is 240 g/mol. The van der Waals surface area contributed by atoms with Gasteiger partial charge in [0.15, 0.2) is 5.76 Å². The maximum absolute atomic E-state index is 12.2. The van der Waals surface area contributed by atoms with Crippen molar-refractivity contribution in [2.45, 2.75) is 13.8 Å². The van der Waals surface area contributed by atoms with Crippen LogP contribution in [0.25, 0.3) is 11.0 Å². The van der Waals surface area contributed by atoms with Crippen LogP contribution in [0.4, 0.5) is 0 Å². The molecule has 0 aliphatic heterocycles. The molecule has 0 radical (unpaired) electrons. The first kappa shape index (κ1) is 11.6. The Labute approximate surface area is 110 Å². The summed E-state index contributed by atoms with van der Waals surface area (Å²) in [6, 6.07) is 7.55. The molecule has 1 aromatic carbocycles. The van der Waals surface area contributed by atoms with Gasteiger partial charge in [0.25, 0.3) is 0 Å². The minimum absolute atomic E-state index is 0.247. The summed E-state index contributed by atoms with van der Waals surface area (Å²) in [5, 5.41) is 0.920. The lowest BCUT2D eigenvalue weighted by molar-refractivity contribution is 0.101. The van der Waals surface area contributed by atoms with Gasteiger partial charge >= 0.3 is 0 Å². The van der Waals surface area contributed by atoms with Crippen LogP contribution < -0.4 is 0 Å². The van der Waals surface area contributed by atoms with Crippen LogP contribution in [0.5, 0.6) is 0 Å². The highest BCUT2D eigenvalue weighted by molar-refractivity contribution is 6.07. The second-order valence-electron chi connectivity index (χ2n) is 4.48. The number of hydrogen-bond acceptors (Lipinski definition) is 4. The summed E-state index contributed by atoms with van der Waals surface area (Å²) < 4.78 is 5.63. The number of para-hydroxylation sites is 1. The fraction of sp³-hybridized carbons (Fsp3) is 0.133. The van der Waals surface area contributed by atoms with E-state index in [9.17, 15) is 4.79 Å². The molecule has 3 aromatic rings. The first-order valence-electron chi connectivity index (χ1n) is 5.97. The predicted octanol–water partition coefficient (Wildman–Crippen LogP) is 3.07. The number of furan rings is 1.